The molecule has 3 N–H and O–H groups in total. The smallest absolute Gasteiger partial charge is 0.220 e. The average Bonchev–Trinajstić information content (AvgIpc) is 2.68. The van der Waals surface area contributed by atoms with Crippen LogP contribution >= 0.6 is 0 Å². The van der Waals surface area contributed by atoms with Gasteiger partial charge in [0.2, 0.25) is 5.91 Å². The Kier molecular flexibility index (Phi) is 21.4. The first-order valence-electron chi connectivity index (χ1n) is 11.2. The average molecular weight is 375 g/mol. The number of amides is 1. The van der Waals surface area contributed by atoms with E-state index in [1.165, 1.54) is 64.2 Å². The number of nitrogens with one attached hydrogen (secondary N) is 1. The number of hydrogen-bond donors (Lipinski definition) is 2. The van der Waals surface area contributed by atoms with Gasteiger partial charge in [-0.25, -0.2) is 0 Å². The van der Waals surface area contributed by atoms with Gasteiger partial charge < -0.3 is 11.1 Å². The third kappa shape index (κ3) is 22.5. The van der Waals surface area contributed by atoms with Gasteiger partial charge in [-0.1, -0.05) is 83.0 Å². The molecule has 0 atom stereocenters. The van der Waals surface area contributed by atoms with Crippen LogP contribution in [0.5, 0.6) is 0 Å². The molecule has 0 aliphatic rings. The van der Waals surface area contributed by atoms with Crippen molar-refractivity contribution in [1.29, 1.82) is 0 Å². The number of hydrogen-bond acceptors (Lipinski definition) is 2. The molecule has 0 aromatic heterocycles. The van der Waals surface area contributed by atoms with Gasteiger partial charge >= 0.3 is 0 Å². The summed E-state index contributed by atoms with van der Waals surface area (Å²) in [6.45, 7) is 3.36. The summed E-state index contributed by atoms with van der Waals surface area (Å²) >= 11 is 0. The van der Waals surface area contributed by atoms with Crippen LogP contribution in [0, 0.1) is 23.7 Å². The maximum absolute atomic E-state index is 11.4. The third-order valence-electron chi connectivity index (χ3n) is 4.57. The molecule has 0 saturated heterocycles. The van der Waals surface area contributed by atoms with Gasteiger partial charge in [0.15, 0.2) is 0 Å². The third-order valence-corrected chi connectivity index (χ3v) is 4.57. The normalized spacial score (nSPS) is 9.85. The number of unbranched alkanes of at least 4 members (excludes halogenated alkanes) is 13. The SMILES string of the molecule is CCCCCCCCCC#CC#CCCCCCCCCC(=O)NCCN. The zero-order chi connectivity index (χ0) is 19.8. The van der Waals surface area contributed by atoms with Crippen LogP contribution < -0.4 is 11.1 Å². The van der Waals surface area contributed by atoms with E-state index in [9.17, 15) is 4.79 Å². The van der Waals surface area contributed by atoms with Crippen LogP contribution in [-0.4, -0.2) is 19.0 Å². The zero-order valence-corrected chi connectivity index (χ0v) is 17.7. The van der Waals surface area contributed by atoms with Crippen molar-refractivity contribution in [3.63, 3.8) is 0 Å². The van der Waals surface area contributed by atoms with Gasteiger partial charge in [-0.05, 0) is 31.1 Å². The highest BCUT2D eigenvalue weighted by molar-refractivity contribution is 5.75. The van der Waals surface area contributed by atoms with E-state index in [1.54, 1.807) is 0 Å². The van der Waals surface area contributed by atoms with Crippen LogP contribution in [0.15, 0.2) is 0 Å². The lowest BCUT2D eigenvalue weighted by molar-refractivity contribution is -0.121. The van der Waals surface area contributed by atoms with E-state index in [1.807, 2.05) is 0 Å². The number of carbonyl (C=O) groups excluding carboxylic acids is 1. The van der Waals surface area contributed by atoms with Crippen molar-refractivity contribution >= 4 is 5.91 Å². The van der Waals surface area contributed by atoms with Crippen LogP contribution in [0.2, 0.25) is 0 Å². The molecule has 0 aromatic rings. The molecule has 0 unspecified atom stereocenters. The van der Waals surface area contributed by atoms with Gasteiger partial charge in [0, 0.05) is 32.4 Å². The van der Waals surface area contributed by atoms with Crippen LogP contribution in [0.25, 0.3) is 0 Å². The molecule has 154 valence electrons. The molecule has 0 radical (unpaired) electrons. The summed E-state index contributed by atoms with van der Waals surface area (Å²) in [4.78, 5) is 11.4. The molecule has 0 spiro atoms. The molecule has 0 rings (SSSR count). The second-order valence-corrected chi connectivity index (χ2v) is 7.23. The van der Waals surface area contributed by atoms with Crippen LogP contribution in [-0.2, 0) is 4.79 Å². The first-order chi connectivity index (χ1) is 13.3. The van der Waals surface area contributed by atoms with E-state index in [4.69, 9.17) is 5.73 Å². The lowest BCUT2D eigenvalue weighted by Gasteiger charge is -2.03. The molecular formula is C24H42N2O. The summed E-state index contributed by atoms with van der Waals surface area (Å²) in [7, 11) is 0. The quantitative estimate of drug-likeness (QED) is 0.267. The molecule has 0 aliphatic carbocycles. The van der Waals surface area contributed by atoms with Gasteiger partial charge in [-0.3, -0.25) is 4.79 Å². The first kappa shape index (κ1) is 25.6. The highest BCUT2D eigenvalue weighted by atomic mass is 16.1. The van der Waals surface area contributed by atoms with E-state index < -0.39 is 0 Å². The lowest BCUT2D eigenvalue weighted by Crippen LogP contribution is -2.28. The summed E-state index contributed by atoms with van der Waals surface area (Å²) in [5.41, 5.74) is 5.35. The van der Waals surface area contributed by atoms with E-state index in [2.05, 4.69) is 35.9 Å². The standard InChI is InChI=1S/C24H42N2O/c1-2-3-4-5-6-7-8-9-10-11-12-13-14-15-16-17-18-19-20-21-24(27)26-23-22-25/h2-9,14-23,25H2,1H3,(H,26,27). The minimum absolute atomic E-state index is 0.129. The highest BCUT2D eigenvalue weighted by Crippen LogP contribution is 2.09. The Bertz CT molecular complexity index is 450. The van der Waals surface area contributed by atoms with Crippen molar-refractivity contribution < 1.29 is 4.79 Å². The van der Waals surface area contributed by atoms with Crippen molar-refractivity contribution in [1.82, 2.24) is 5.32 Å². The summed E-state index contributed by atoms with van der Waals surface area (Å²) < 4.78 is 0. The van der Waals surface area contributed by atoms with Crippen LogP contribution in [0.4, 0.5) is 0 Å². The predicted molar refractivity (Wildman–Crippen MR) is 117 cm³/mol. The number of rotatable bonds is 17. The fraction of sp³-hybridized carbons (Fsp3) is 0.792. The van der Waals surface area contributed by atoms with Crippen LogP contribution in [0.1, 0.15) is 110 Å². The fourth-order valence-corrected chi connectivity index (χ4v) is 2.89. The second kappa shape index (κ2) is 22.6. The molecule has 0 aromatic carbocycles. The second-order valence-electron chi connectivity index (χ2n) is 7.23. The fourth-order valence-electron chi connectivity index (χ4n) is 2.89. The van der Waals surface area contributed by atoms with Crippen molar-refractivity contribution in [3.05, 3.63) is 0 Å². The Morgan fingerprint density at radius 2 is 1.22 bits per heavy atom. The minimum atomic E-state index is 0.129. The maximum atomic E-state index is 11.4. The molecule has 0 fully saturated rings. The van der Waals surface area contributed by atoms with Crippen molar-refractivity contribution in [3.8, 4) is 23.7 Å². The van der Waals surface area contributed by atoms with Crippen molar-refractivity contribution in [2.24, 2.45) is 5.73 Å². The Balaban J connectivity index is 3.30. The zero-order valence-electron chi connectivity index (χ0n) is 17.7. The molecule has 3 nitrogen and oxygen atoms in total. The first-order valence-corrected chi connectivity index (χ1v) is 11.2. The molecule has 1 amide bonds. The predicted octanol–water partition coefficient (Wildman–Crippen LogP) is 5.33. The van der Waals surface area contributed by atoms with E-state index >= 15 is 0 Å². The molecule has 0 aliphatic heterocycles. The summed E-state index contributed by atoms with van der Waals surface area (Å²) in [5.74, 6) is 12.4. The molecule has 0 saturated carbocycles. The van der Waals surface area contributed by atoms with Gasteiger partial charge in [-0.15, -0.1) is 0 Å². The van der Waals surface area contributed by atoms with Gasteiger partial charge in [0.25, 0.3) is 0 Å². The summed E-state index contributed by atoms with van der Waals surface area (Å²) in [6.07, 6.45) is 18.8. The number of carbonyl (C=O) groups is 1. The van der Waals surface area contributed by atoms with Crippen molar-refractivity contribution in [2.75, 3.05) is 13.1 Å². The van der Waals surface area contributed by atoms with E-state index in [0.29, 0.717) is 19.5 Å². The molecule has 0 heterocycles. The topological polar surface area (TPSA) is 55.1 Å². The Labute approximate surface area is 168 Å². The Hall–Kier alpha value is -1.45. The molecule has 27 heavy (non-hydrogen) atoms. The van der Waals surface area contributed by atoms with Gasteiger partial charge in [0.1, 0.15) is 0 Å². The van der Waals surface area contributed by atoms with E-state index in [-0.39, 0.29) is 5.91 Å². The molecular weight excluding hydrogens is 332 g/mol. The van der Waals surface area contributed by atoms with E-state index in [0.717, 1.165) is 32.1 Å². The lowest BCUT2D eigenvalue weighted by atomic mass is 10.1. The molecule has 3 heteroatoms. The summed E-state index contributed by atoms with van der Waals surface area (Å²) in [6, 6.07) is 0. The highest BCUT2D eigenvalue weighted by Gasteiger charge is 1.99. The van der Waals surface area contributed by atoms with Crippen LogP contribution in [0.3, 0.4) is 0 Å². The minimum Gasteiger partial charge on any atom is -0.355 e. The largest absolute Gasteiger partial charge is 0.355 e. The van der Waals surface area contributed by atoms with Crippen molar-refractivity contribution in [2.45, 2.75) is 110 Å². The Morgan fingerprint density at radius 3 is 1.74 bits per heavy atom. The maximum Gasteiger partial charge on any atom is 0.220 e. The Morgan fingerprint density at radius 1 is 0.741 bits per heavy atom. The number of nitrogens with two attached hydrogens (primary N) is 1. The summed E-state index contributed by atoms with van der Waals surface area (Å²) in [5, 5.41) is 2.80. The monoisotopic (exact) mass is 374 g/mol. The molecule has 0 bridgehead atoms. The van der Waals surface area contributed by atoms with Gasteiger partial charge in [-0.2, -0.15) is 0 Å². The van der Waals surface area contributed by atoms with Gasteiger partial charge in [0.05, 0.1) is 0 Å².